The first-order valence-electron chi connectivity index (χ1n) is 12.4. The lowest BCUT2D eigenvalue weighted by Crippen LogP contribution is -2.49. The van der Waals surface area contributed by atoms with Crippen LogP contribution in [-0.2, 0) is 20.7 Å². The number of nitrogens with one attached hydrogen (secondary N) is 1. The van der Waals surface area contributed by atoms with E-state index < -0.39 is 17.6 Å². The van der Waals surface area contributed by atoms with Crippen LogP contribution < -0.4 is 10.2 Å². The van der Waals surface area contributed by atoms with Crippen LogP contribution in [0.2, 0.25) is 5.02 Å². The summed E-state index contributed by atoms with van der Waals surface area (Å²) < 4.78 is 18.3. The van der Waals surface area contributed by atoms with Gasteiger partial charge < -0.3 is 24.8 Å². The van der Waals surface area contributed by atoms with Crippen LogP contribution in [0.4, 0.5) is 15.2 Å². The number of carbonyl (C=O) groups excluding carboxylic acids is 3. The van der Waals surface area contributed by atoms with E-state index in [2.05, 4.69) is 15.2 Å². The minimum Gasteiger partial charge on any atom is -0.383 e. The maximum atomic E-state index is 13.2. The molecule has 3 amide bonds. The Morgan fingerprint density at radius 1 is 1.10 bits per heavy atom. The molecule has 12 heteroatoms. The van der Waals surface area contributed by atoms with Crippen molar-refractivity contribution in [2.45, 2.75) is 6.42 Å². The number of hydrogen-bond acceptors (Lipinski definition) is 7. The van der Waals surface area contributed by atoms with Crippen molar-refractivity contribution in [3.63, 3.8) is 0 Å². The summed E-state index contributed by atoms with van der Waals surface area (Å²) in [6, 6.07) is 12.8. The quantitative estimate of drug-likeness (QED) is 0.399. The van der Waals surface area contributed by atoms with Crippen LogP contribution in [0.1, 0.15) is 16.1 Å². The van der Waals surface area contributed by atoms with E-state index in [1.165, 1.54) is 47.6 Å². The lowest BCUT2D eigenvalue weighted by molar-refractivity contribution is -0.130. The van der Waals surface area contributed by atoms with Crippen LogP contribution >= 0.6 is 22.9 Å². The molecule has 0 radical (unpaired) electrons. The average Bonchev–Trinajstić information content (AvgIpc) is 3.37. The Labute approximate surface area is 235 Å². The van der Waals surface area contributed by atoms with Gasteiger partial charge in [0.05, 0.1) is 29.4 Å². The van der Waals surface area contributed by atoms with Gasteiger partial charge in [-0.15, -0.1) is 11.3 Å². The Morgan fingerprint density at radius 2 is 1.82 bits per heavy atom. The Hall–Kier alpha value is -3.54. The molecule has 39 heavy (non-hydrogen) atoms. The van der Waals surface area contributed by atoms with Crippen molar-refractivity contribution >= 4 is 51.5 Å². The Bertz CT molecular complexity index is 1300. The first kappa shape index (κ1) is 28.5. The molecule has 1 N–H and O–H groups in total. The summed E-state index contributed by atoms with van der Waals surface area (Å²) in [5, 5.41) is 5.46. The molecule has 0 saturated carbocycles. The average molecular weight is 574 g/mol. The fourth-order valence-electron chi connectivity index (χ4n) is 4.18. The molecule has 1 aliphatic heterocycles. The van der Waals surface area contributed by atoms with Gasteiger partial charge >= 0.3 is 0 Å². The van der Waals surface area contributed by atoms with Gasteiger partial charge in [-0.3, -0.25) is 14.4 Å². The highest BCUT2D eigenvalue weighted by molar-refractivity contribution is 7.13. The maximum Gasteiger partial charge on any atom is 0.254 e. The molecule has 4 rings (SSSR count). The maximum absolute atomic E-state index is 13.2. The van der Waals surface area contributed by atoms with Crippen LogP contribution in [0.3, 0.4) is 0 Å². The van der Waals surface area contributed by atoms with Crippen molar-refractivity contribution < 1.29 is 23.5 Å². The number of methoxy groups -OCH3 is 1. The van der Waals surface area contributed by atoms with Crippen molar-refractivity contribution in [2.75, 3.05) is 63.2 Å². The number of hydrogen-bond donors (Lipinski definition) is 1. The van der Waals surface area contributed by atoms with E-state index in [4.69, 9.17) is 16.3 Å². The highest BCUT2D eigenvalue weighted by Gasteiger charge is 2.24. The van der Waals surface area contributed by atoms with E-state index in [0.717, 1.165) is 5.69 Å². The lowest BCUT2D eigenvalue weighted by Gasteiger charge is -2.36. The Morgan fingerprint density at radius 3 is 2.51 bits per heavy atom. The fraction of sp³-hybridized carbons (Fsp3) is 0.333. The number of anilines is 2. The predicted octanol–water partition coefficient (Wildman–Crippen LogP) is 3.55. The molecule has 1 fully saturated rings. The molecular weight excluding hydrogens is 545 g/mol. The molecule has 0 aliphatic carbocycles. The van der Waals surface area contributed by atoms with Gasteiger partial charge in [0.15, 0.2) is 5.13 Å². The number of amides is 3. The monoisotopic (exact) mass is 573 g/mol. The molecule has 2 heterocycles. The van der Waals surface area contributed by atoms with Gasteiger partial charge in [-0.05, 0) is 36.4 Å². The largest absolute Gasteiger partial charge is 0.383 e. The number of aromatic nitrogens is 1. The van der Waals surface area contributed by atoms with Crippen molar-refractivity contribution in [2.24, 2.45) is 0 Å². The number of carbonyl (C=O) groups is 3. The molecular formula is C27H29ClFN5O4S. The summed E-state index contributed by atoms with van der Waals surface area (Å²) in [5.41, 5.74) is 1.79. The molecule has 0 spiro atoms. The van der Waals surface area contributed by atoms with Crippen molar-refractivity contribution in [3.8, 4) is 0 Å². The number of halogens is 2. The first-order valence-corrected chi connectivity index (χ1v) is 13.6. The summed E-state index contributed by atoms with van der Waals surface area (Å²) in [6.07, 6.45) is 0.126. The summed E-state index contributed by atoms with van der Waals surface area (Å²) in [5.74, 6) is -1.34. The van der Waals surface area contributed by atoms with Crippen molar-refractivity contribution in [1.82, 2.24) is 14.8 Å². The van der Waals surface area contributed by atoms with E-state index >= 15 is 0 Å². The Balaban J connectivity index is 1.28. The number of benzene rings is 2. The SMILES string of the molecule is COCCN(CC(=O)Nc1nc(CC(=O)N2CCN(c3ccccc3Cl)CC2)cs1)C(=O)c1ccc(F)cc1. The molecule has 0 bridgehead atoms. The van der Waals surface area contributed by atoms with Crippen LogP contribution in [0.5, 0.6) is 0 Å². The third-order valence-electron chi connectivity index (χ3n) is 6.23. The van der Waals surface area contributed by atoms with E-state index in [9.17, 15) is 18.8 Å². The molecule has 1 saturated heterocycles. The number of ether oxygens (including phenoxy) is 1. The zero-order valence-corrected chi connectivity index (χ0v) is 23.0. The molecule has 3 aromatic rings. The Kier molecular flexibility index (Phi) is 9.85. The van der Waals surface area contributed by atoms with Gasteiger partial charge in [0.25, 0.3) is 5.91 Å². The third-order valence-corrected chi connectivity index (χ3v) is 7.36. The lowest BCUT2D eigenvalue weighted by atomic mass is 10.2. The third kappa shape index (κ3) is 7.75. The highest BCUT2D eigenvalue weighted by atomic mass is 35.5. The first-order chi connectivity index (χ1) is 18.8. The van der Waals surface area contributed by atoms with E-state index in [0.29, 0.717) is 42.0 Å². The molecule has 0 unspecified atom stereocenters. The zero-order valence-electron chi connectivity index (χ0n) is 21.4. The van der Waals surface area contributed by atoms with Gasteiger partial charge in [-0.2, -0.15) is 0 Å². The molecule has 1 aromatic heterocycles. The van der Waals surface area contributed by atoms with Crippen LogP contribution in [0.15, 0.2) is 53.9 Å². The molecule has 2 aromatic carbocycles. The predicted molar refractivity (Wildman–Crippen MR) is 149 cm³/mol. The fourth-order valence-corrected chi connectivity index (χ4v) is 5.16. The van der Waals surface area contributed by atoms with Crippen LogP contribution in [0, 0.1) is 5.82 Å². The van der Waals surface area contributed by atoms with Gasteiger partial charge in [-0.25, -0.2) is 9.37 Å². The second kappa shape index (κ2) is 13.5. The summed E-state index contributed by atoms with van der Waals surface area (Å²) >= 11 is 7.51. The summed E-state index contributed by atoms with van der Waals surface area (Å²) in [6.45, 7) is 2.71. The molecule has 1 aliphatic rings. The van der Waals surface area contributed by atoms with Gasteiger partial charge in [0.1, 0.15) is 12.4 Å². The number of rotatable bonds is 10. The van der Waals surface area contributed by atoms with Crippen molar-refractivity contribution in [3.05, 3.63) is 76.0 Å². The normalized spacial score (nSPS) is 13.3. The molecule has 206 valence electrons. The minimum absolute atomic E-state index is 0.0346. The van der Waals surface area contributed by atoms with E-state index in [1.54, 1.807) is 10.3 Å². The highest BCUT2D eigenvalue weighted by Crippen LogP contribution is 2.26. The summed E-state index contributed by atoms with van der Waals surface area (Å²) in [7, 11) is 1.50. The van der Waals surface area contributed by atoms with Gasteiger partial charge in [-0.1, -0.05) is 23.7 Å². The van der Waals surface area contributed by atoms with E-state index in [-0.39, 0.29) is 37.6 Å². The second-order valence-electron chi connectivity index (χ2n) is 8.91. The molecule has 9 nitrogen and oxygen atoms in total. The molecule has 0 atom stereocenters. The van der Waals surface area contributed by atoms with E-state index in [1.807, 2.05) is 24.3 Å². The minimum atomic E-state index is -0.454. The topological polar surface area (TPSA) is 95.1 Å². The zero-order chi connectivity index (χ0) is 27.8. The second-order valence-corrected chi connectivity index (χ2v) is 10.2. The number of nitrogens with zero attached hydrogens (tertiary/aromatic N) is 4. The summed E-state index contributed by atoms with van der Waals surface area (Å²) in [4.78, 5) is 48.1. The number of piperazine rings is 1. The van der Waals surface area contributed by atoms with Gasteiger partial charge in [0.2, 0.25) is 11.8 Å². The van der Waals surface area contributed by atoms with Crippen LogP contribution in [-0.4, -0.2) is 85.5 Å². The van der Waals surface area contributed by atoms with Crippen LogP contribution in [0.25, 0.3) is 0 Å². The number of para-hydroxylation sites is 1. The standard InChI is InChI=1S/C27H29ClFN5O4S/c1-38-15-14-34(26(37)19-6-8-20(29)9-7-19)17-24(35)31-27-30-21(18-39-27)16-25(36)33-12-10-32(11-13-33)23-5-3-2-4-22(23)28/h2-9,18H,10-17H2,1H3,(H,30,31,35). The van der Waals surface area contributed by atoms with Gasteiger partial charge in [0, 0.05) is 50.8 Å². The van der Waals surface area contributed by atoms with Crippen molar-refractivity contribution in [1.29, 1.82) is 0 Å². The number of thiazole rings is 1. The smallest absolute Gasteiger partial charge is 0.254 e.